The van der Waals surface area contributed by atoms with Crippen LogP contribution in [0.15, 0.2) is 46.3 Å². The first-order valence-electron chi connectivity index (χ1n) is 7.35. The van der Waals surface area contributed by atoms with Crippen LogP contribution >= 0.6 is 27.3 Å². The van der Waals surface area contributed by atoms with Crippen molar-refractivity contribution in [3.05, 3.63) is 56.7 Å². The van der Waals surface area contributed by atoms with Crippen molar-refractivity contribution >= 4 is 27.3 Å². The molecule has 1 aliphatic heterocycles. The normalized spacial score (nSPS) is 26.9. The average Bonchev–Trinajstić information content (AvgIpc) is 2.89. The van der Waals surface area contributed by atoms with Crippen LogP contribution in [0.3, 0.4) is 0 Å². The van der Waals surface area contributed by atoms with E-state index in [4.69, 9.17) is 0 Å². The summed E-state index contributed by atoms with van der Waals surface area (Å²) in [5, 5.41) is 5.89. The lowest BCUT2D eigenvalue weighted by molar-refractivity contribution is 0.0886. The maximum absolute atomic E-state index is 3.74. The van der Waals surface area contributed by atoms with Gasteiger partial charge in [-0.05, 0) is 46.8 Å². The zero-order chi connectivity index (χ0) is 14.9. The summed E-state index contributed by atoms with van der Waals surface area (Å²) in [6.07, 6.45) is 0. The van der Waals surface area contributed by atoms with E-state index in [-0.39, 0.29) is 5.54 Å². The Hall–Kier alpha value is -0.680. The van der Waals surface area contributed by atoms with E-state index in [0.29, 0.717) is 6.04 Å². The van der Waals surface area contributed by atoms with Crippen molar-refractivity contribution in [3.8, 4) is 0 Å². The van der Waals surface area contributed by atoms with E-state index in [1.165, 1.54) is 14.9 Å². The van der Waals surface area contributed by atoms with Gasteiger partial charge in [-0.25, -0.2) is 0 Å². The van der Waals surface area contributed by atoms with Gasteiger partial charge in [0.15, 0.2) is 0 Å². The minimum atomic E-state index is 0.0253. The molecule has 1 saturated heterocycles. The zero-order valence-electron chi connectivity index (χ0n) is 12.5. The second kappa shape index (κ2) is 6.21. The van der Waals surface area contributed by atoms with Crippen LogP contribution in [0.2, 0.25) is 0 Å². The Kier molecular flexibility index (Phi) is 4.50. The van der Waals surface area contributed by atoms with E-state index in [1.54, 1.807) is 0 Å². The summed E-state index contributed by atoms with van der Waals surface area (Å²) in [5.74, 6) is 0. The molecular weight excluding hydrogens is 344 g/mol. The fourth-order valence-electron chi connectivity index (χ4n) is 2.95. The molecule has 1 fully saturated rings. The van der Waals surface area contributed by atoms with Crippen LogP contribution in [0.1, 0.15) is 24.3 Å². The predicted octanol–water partition coefficient (Wildman–Crippen LogP) is 4.22. The van der Waals surface area contributed by atoms with Gasteiger partial charge in [-0.1, -0.05) is 30.3 Å². The highest BCUT2D eigenvalue weighted by Gasteiger charge is 2.35. The maximum atomic E-state index is 3.74. The van der Waals surface area contributed by atoms with E-state index in [2.05, 4.69) is 81.8 Å². The van der Waals surface area contributed by atoms with E-state index < -0.39 is 0 Å². The Bertz CT molecular complexity index is 598. The first-order valence-corrected chi connectivity index (χ1v) is 9.02. The van der Waals surface area contributed by atoms with Crippen molar-refractivity contribution in [2.24, 2.45) is 0 Å². The van der Waals surface area contributed by atoms with Crippen LogP contribution in [0.5, 0.6) is 0 Å². The lowest BCUT2D eigenvalue weighted by Crippen LogP contribution is -2.59. The average molecular weight is 365 g/mol. The van der Waals surface area contributed by atoms with Crippen LogP contribution < -0.4 is 5.32 Å². The van der Waals surface area contributed by atoms with E-state index in [9.17, 15) is 0 Å². The first kappa shape index (κ1) is 15.2. The molecule has 4 heteroatoms. The molecule has 0 spiro atoms. The molecule has 2 nitrogen and oxygen atoms in total. The summed E-state index contributed by atoms with van der Waals surface area (Å²) in [6.45, 7) is 7.68. The molecule has 2 aromatic rings. The molecule has 2 unspecified atom stereocenters. The summed E-state index contributed by atoms with van der Waals surface area (Å²) in [5.41, 5.74) is 1.39. The lowest BCUT2D eigenvalue weighted by atomic mass is 9.88. The second-order valence-electron chi connectivity index (χ2n) is 6.02. The quantitative estimate of drug-likeness (QED) is 0.876. The summed E-state index contributed by atoms with van der Waals surface area (Å²) < 4.78 is 1.24. The molecule has 112 valence electrons. The standard InChI is InChI=1S/C17H21BrN2S/c1-13-10-19-17(2,14-6-4-3-5-7-14)12-20(13)11-16-15(18)8-9-21-16/h3-9,13,19H,10-12H2,1-2H3. The number of benzene rings is 1. The SMILES string of the molecule is CC1CNC(C)(c2ccccc2)CN1Cc1sccc1Br. The van der Waals surface area contributed by atoms with Gasteiger partial charge in [-0.2, -0.15) is 0 Å². The van der Waals surface area contributed by atoms with E-state index >= 15 is 0 Å². The zero-order valence-corrected chi connectivity index (χ0v) is 14.9. The predicted molar refractivity (Wildman–Crippen MR) is 93.7 cm³/mol. The molecule has 0 radical (unpaired) electrons. The fourth-order valence-corrected chi connectivity index (χ4v) is 4.46. The largest absolute Gasteiger partial charge is 0.305 e. The summed E-state index contributed by atoms with van der Waals surface area (Å²) in [6, 6.07) is 13.5. The fraction of sp³-hybridized carbons (Fsp3) is 0.412. The number of piperazine rings is 1. The van der Waals surface area contributed by atoms with Gasteiger partial charge in [0.25, 0.3) is 0 Å². The van der Waals surface area contributed by atoms with Gasteiger partial charge < -0.3 is 5.32 Å². The van der Waals surface area contributed by atoms with Crippen LogP contribution in [0, 0.1) is 0 Å². The highest BCUT2D eigenvalue weighted by molar-refractivity contribution is 9.10. The molecule has 1 aliphatic rings. The van der Waals surface area contributed by atoms with Gasteiger partial charge in [0.2, 0.25) is 0 Å². The van der Waals surface area contributed by atoms with Gasteiger partial charge in [0.05, 0.1) is 5.54 Å². The smallest absolute Gasteiger partial charge is 0.0535 e. The molecule has 1 aromatic heterocycles. The van der Waals surface area contributed by atoms with Crippen molar-refractivity contribution in [2.75, 3.05) is 13.1 Å². The number of hydrogen-bond donors (Lipinski definition) is 1. The molecule has 0 aliphatic carbocycles. The highest BCUT2D eigenvalue weighted by atomic mass is 79.9. The van der Waals surface area contributed by atoms with Crippen LogP contribution in [0.4, 0.5) is 0 Å². The second-order valence-corrected chi connectivity index (χ2v) is 7.88. The molecular formula is C17H21BrN2S. The number of hydrogen-bond acceptors (Lipinski definition) is 3. The van der Waals surface area contributed by atoms with Crippen LogP contribution in [0.25, 0.3) is 0 Å². The number of nitrogens with one attached hydrogen (secondary N) is 1. The molecule has 3 rings (SSSR count). The first-order chi connectivity index (χ1) is 10.1. The van der Waals surface area contributed by atoms with Gasteiger partial charge in [0.1, 0.15) is 0 Å². The highest BCUT2D eigenvalue weighted by Crippen LogP contribution is 2.30. The van der Waals surface area contributed by atoms with Gasteiger partial charge >= 0.3 is 0 Å². The summed E-state index contributed by atoms with van der Waals surface area (Å²) in [7, 11) is 0. The topological polar surface area (TPSA) is 15.3 Å². The Morgan fingerprint density at radius 1 is 1.33 bits per heavy atom. The molecule has 2 heterocycles. The van der Waals surface area contributed by atoms with Gasteiger partial charge in [-0.15, -0.1) is 11.3 Å². The Morgan fingerprint density at radius 2 is 2.10 bits per heavy atom. The van der Waals surface area contributed by atoms with Gasteiger partial charge in [0, 0.05) is 35.0 Å². The third-order valence-corrected chi connectivity index (χ3v) is 6.29. The van der Waals surface area contributed by atoms with Crippen molar-refractivity contribution in [1.29, 1.82) is 0 Å². The number of halogens is 1. The van der Waals surface area contributed by atoms with Crippen molar-refractivity contribution in [3.63, 3.8) is 0 Å². The van der Waals surface area contributed by atoms with E-state index in [1.807, 2.05) is 11.3 Å². The van der Waals surface area contributed by atoms with Crippen molar-refractivity contribution < 1.29 is 0 Å². The van der Waals surface area contributed by atoms with E-state index in [0.717, 1.165) is 19.6 Å². The molecule has 21 heavy (non-hydrogen) atoms. The Morgan fingerprint density at radius 3 is 2.76 bits per heavy atom. The summed E-state index contributed by atoms with van der Waals surface area (Å²) in [4.78, 5) is 4.00. The van der Waals surface area contributed by atoms with Crippen molar-refractivity contribution in [2.45, 2.75) is 32.0 Å². The third-order valence-electron chi connectivity index (χ3n) is 4.38. The lowest BCUT2D eigenvalue weighted by Gasteiger charge is -2.45. The monoisotopic (exact) mass is 364 g/mol. The number of thiophene rings is 1. The minimum absolute atomic E-state index is 0.0253. The molecule has 1 N–H and O–H groups in total. The molecule has 0 amide bonds. The third kappa shape index (κ3) is 3.24. The van der Waals surface area contributed by atoms with Crippen molar-refractivity contribution in [1.82, 2.24) is 10.2 Å². The molecule has 0 saturated carbocycles. The Labute approximate surface area is 139 Å². The Balaban J connectivity index is 1.80. The molecule has 0 bridgehead atoms. The molecule has 2 atom stereocenters. The minimum Gasteiger partial charge on any atom is -0.305 e. The maximum Gasteiger partial charge on any atom is 0.0535 e. The van der Waals surface area contributed by atoms with Crippen LogP contribution in [-0.4, -0.2) is 24.0 Å². The summed E-state index contributed by atoms with van der Waals surface area (Å²) >= 11 is 5.49. The van der Waals surface area contributed by atoms with Crippen LogP contribution in [-0.2, 0) is 12.1 Å². The van der Waals surface area contributed by atoms with Gasteiger partial charge in [-0.3, -0.25) is 4.90 Å². The number of rotatable bonds is 3. The molecule has 1 aromatic carbocycles. The number of nitrogens with zero attached hydrogens (tertiary/aromatic N) is 1.